The van der Waals surface area contributed by atoms with E-state index >= 15 is 0 Å². The van der Waals surface area contributed by atoms with Crippen LogP contribution in [-0.4, -0.2) is 23.0 Å². The average Bonchev–Trinajstić information content (AvgIpc) is 2.18. The van der Waals surface area contributed by atoms with E-state index < -0.39 is 0 Å². The van der Waals surface area contributed by atoms with Gasteiger partial charge in [-0.25, -0.2) is 0 Å². The number of pyridine rings is 1. The van der Waals surface area contributed by atoms with Crippen molar-refractivity contribution in [2.24, 2.45) is 5.16 Å². The van der Waals surface area contributed by atoms with Crippen LogP contribution in [0.4, 0.5) is 0 Å². The van der Waals surface area contributed by atoms with E-state index in [1.807, 2.05) is 25.2 Å². The zero-order valence-electron chi connectivity index (χ0n) is 7.78. The fourth-order valence-corrected chi connectivity index (χ4v) is 1.01. The maximum atomic E-state index is 8.54. The lowest BCUT2D eigenvalue weighted by Gasteiger charge is -2.01. The molecule has 4 heteroatoms. The van der Waals surface area contributed by atoms with E-state index in [0.29, 0.717) is 18.0 Å². The Morgan fingerprint density at radius 3 is 3.00 bits per heavy atom. The van der Waals surface area contributed by atoms with Gasteiger partial charge in [0.1, 0.15) is 5.71 Å². The Kier molecular flexibility index (Phi) is 3.40. The summed E-state index contributed by atoms with van der Waals surface area (Å²) in [5.41, 5.74) is 2.16. The molecule has 0 atom stereocenters. The molecule has 0 bridgehead atoms. The van der Waals surface area contributed by atoms with Crippen molar-refractivity contribution in [1.29, 1.82) is 0 Å². The van der Waals surface area contributed by atoms with Gasteiger partial charge in [0.15, 0.2) is 0 Å². The molecule has 2 N–H and O–H groups in total. The zero-order chi connectivity index (χ0) is 9.68. The fraction of sp³-hybridized carbons (Fsp3) is 0.333. The largest absolute Gasteiger partial charge is 0.411 e. The number of oxime groups is 1. The predicted molar refractivity (Wildman–Crippen MR) is 51.0 cm³/mol. The van der Waals surface area contributed by atoms with Crippen molar-refractivity contribution in [3.05, 3.63) is 29.6 Å². The molecule has 0 aliphatic carbocycles. The van der Waals surface area contributed by atoms with Crippen molar-refractivity contribution in [2.75, 3.05) is 7.05 Å². The van der Waals surface area contributed by atoms with Crippen LogP contribution < -0.4 is 5.32 Å². The molecule has 0 fully saturated rings. The number of hydrogen-bond donors (Lipinski definition) is 2. The van der Waals surface area contributed by atoms with Crippen molar-refractivity contribution in [3.8, 4) is 0 Å². The Bertz CT molecular complexity index is 309. The fourth-order valence-electron chi connectivity index (χ4n) is 1.01. The van der Waals surface area contributed by atoms with Gasteiger partial charge < -0.3 is 10.5 Å². The van der Waals surface area contributed by atoms with E-state index in [4.69, 9.17) is 5.21 Å². The molecular weight excluding hydrogens is 166 g/mol. The summed E-state index contributed by atoms with van der Waals surface area (Å²) in [5, 5.41) is 14.6. The summed E-state index contributed by atoms with van der Waals surface area (Å²) >= 11 is 0. The lowest BCUT2D eigenvalue weighted by atomic mass is 10.2. The first kappa shape index (κ1) is 9.67. The highest BCUT2D eigenvalue weighted by molar-refractivity contribution is 5.96. The smallest absolute Gasteiger partial charge is 0.102 e. The summed E-state index contributed by atoms with van der Waals surface area (Å²) < 4.78 is 0. The van der Waals surface area contributed by atoms with E-state index in [0.717, 1.165) is 5.69 Å². The second-order valence-electron chi connectivity index (χ2n) is 2.73. The summed E-state index contributed by atoms with van der Waals surface area (Å²) in [6.07, 6.45) is 0. The number of nitrogens with zero attached hydrogens (tertiary/aromatic N) is 2. The monoisotopic (exact) mass is 179 g/mol. The van der Waals surface area contributed by atoms with Crippen LogP contribution in [0.5, 0.6) is 0 Å². The molecule has 1 aromatic rings. The van der Waals surface area contributed by atoms with Crippen molar-refractivity contribution in [1.82, 2.24) is 10.3 Å². The standard InChI is InChI=1S/C9H13N3O/c1-7(12-13)9-5-3-4-8(11-9)6-10-2/h3-5,10,13H,6H2,1-2H3/b12-7+. The second kappa shape index (κ2) is 4.57. The van der Waals surface area contributed by atoms with Gasteiger partial charge in [-0.05, 0) is 26.1 Å². The van der Waals surface area contributed by atoms with E-state index in [2.05, 4.69) is 15.5 Å². The quantitative estimate of drug-likeness (QED) is 0.413. The maximum Gasteiger partial charge on any atom is 0.102 e. The van der Waals surface area contributed by atoms with E-state index in [9.17, 15) is 0 Å². The number of hydrogen-bond acceptors (Lipinski definition) is 4. The molecule has 0 saturated carbocycles. The van der Waals surface area contributed by atoms with Crippen LogP contribution in [0, 0.1) is 0 Å². The average molecular weight is 179 g/mol. The van der Waals surface area contributed by atoms with Crippen LogP contribution >= 0.6 is 0 Å². The summed E-state index contributed by atoms with van der Waals surface area (Å²) in [6.45, 7) is 2.43. The molecule has 0 aromatic carbocycles. The van der Waals surface area contributed by atoms with Gasteiger partial charge in [0.25, 0.3) is 0 Å². The third kappa shape index (κ3) is 2.52. The summed E-state index contributed by atoms with van der Waals surface area (Å²) in [4.78, 5) is 4.28. The molecule has 4 nitrogen and oxygen atoms in total. The molecule has 0 radical (unpaired) electrons. The van der Waals surface area contributed by atoms with Gasteiger partial charge in [0.05, 0.1) is 11.4 Å². The van der Waals surface area contributed by atoms with Crippen molar-refractivity contribution in [2.45, 2.75) is 13.5 Å². The first-order valence-electron chi connectivity index (χ1n) is 4.07. The molecule has 1 aromatic heterocycles. The molecule has 0 saturated heterocycles. The Morgan fingerprint density at radius 1 is 1.62 bits per heavy atom. The molecule has 70 valence electrons. The van der Waals surface area contributed by atoms with Gasteiger partial charge >= 0.3 is 0 Å². The maximum absolute atomic E-state index is 8.54. The molecule has 1 heterocycles. The van der Waals surface area contributed by atoms with Gasteiger partial charge in [0.2, 0.25) is 0 Å². The first-order chi connectivity index (χ1) is 6.27. The van der Waals surface area contributed by atoms with Gasteiger partial charge in [0, 0.05) is 6.54 Å². The predicted octanol–water partition coefficient (Wildman–Crippen LogP) is 0.999. The molecule has 0 spiro atoms. The summed E-state index contributed by atoms with van der Waals surface area (Å²) in [5.74, 6) is 0. The molecular formula is C9H13N3O. The van der Waals surface area contributed by atoms with Crippen LogP contribution in [-0.2, 0) is 6.54 Å². The Morgan fingerprint density at radius 2 is 2.38 bits per heavy atom. The molecule has 0 aliphatic heterocycles. The number of rotatable bonds is 3. The van der Waals surface area contributed by atoms with Gasteiger partial charge in [-0.2, -0.15) is 0 Å². The molecule has 13 heavy (non-hydrogen) atoms. The molecule has 0 aliphatic rings. The van der Waals surface area contributed by atoms with Gasteiger partial charge in [-0.15, -0.1) is 0 Å². The number of aromatic nitrogens is 1. The molecule has 1 rings (SSSR count). The van der Waals surface area contributed by atoms with Crippen molar-refractivity contribution in [3.63, 3.8) is 0 Å². The van der Waals surface area contributed by atoms with Gasteiger partial charge in [-0.1, -0.05) is 11.2 Å². The van der Waals surface area contributed by atoms with Crippen molar-refractivity contribution < 1.29 is 5.21 Å². The van der Waals surface area contributed by atoms with Crippen LogP contribution in [0.25, 0.3) is 0 Å². The minimum Gasteiger partial charge on any atom is -0.411 e. The summed E-state index contributed by atoms with van der Waals surface area (Å²) in [6, 6.07) is 5.63. The molecule has 0 amide bonds. The lowest BCUT2D eigenvalue weighted by molar-refractivity contribution is 0.319. The minimum absolute atomic E-state index is 0.526. The number of nitrogens with one attached hydrogen (secondary N) is 1. The van der Waals surface area contributed by atoms with E-state index in [1.165, 1.54) is 0 Å². The highest BCUT2D eigenvalue weighted by atomic mass is 16.4. The normalized spacial score (nSPS) is 11.7. The van der Waals surface area contributed by atoms with Crippen molar-refractivity contribution >= 4 is 5.71 Å². The second-order valence-corrected chi connectivity index (χ2v) is 2.73. The summed E-state index contributed by atoms with van der Waals surface area (Å²) in [7, 11) is 1.86. The third-order valence-electron chi connectivity index (χ3n) is 1.69. The van der Waals surface area contributed by atoms with Gasteiger partial charge in [-0.3, -0.25) is 4.98 Å². The topological polar surface area (TPSA) is 57.5 Å². The Balaban J connectivity index is 2.91. The SMILES string of the molecule is CNCc1cccc(/C(C)=N/O)n1. The van der Waals surface area contributed by atoms with Crippen LogP contribution in [0.1, 0.15) is 18.3 Å². The Hall–Kier alpha value is -1.42. The highest BCUT2D eigenvalue weighted by Crippen LogP contribution is 2.00. The zero-order valence-corrected chi connectivity index (χ0v) is 7.78. The Labute approximate surface area is 77.3 Å². The van der Waals surface area contributed by atoms with Crippen LogP contribution in [0.2, 0.25) is 0 Å². The third-order valence-corrected chi connectivity index (χ3v) is 1.69. The van der Waals surface area contributed by atoms with Crippen LogP contribution in [0.3, 0.4) is 0 Å². The highest BCUT2D eigenvalue weighted by Gasteiger charge is 2.00. The first-order valence-corrected chi connectivity index (χ1v) is 4.07. The van der Waals surface area contributed by atoms with E-state index in [-0.39, 0.29) is 0 Å². The van der Waals surface area contributed by atoms with E-state index in [1.54, 1.807) is 6.92 Å². The van der Waals surface area contributed by atoms with Crippen LogP contribution in [0.15, 0.2) is 23.4 Å². The molecule has 0 unspecified atom stereocenters. The lowest BCUT2D eigenvalue weighted by Crippen LogP contribution is -2.09. The minimum atomic E-state index is 0.526.